The Kier molecular flexibility index (Phi) is 4.39. The zero-order valence-corrected chi connectivity index (χ0v) is 11.7. The summed E-state index contributed by atoms with van der Waals surface area (Å²) in [6, 6.07) is 5.42. The lowest BCUT2D eigenvalue weighted by Gasteiger charge is -2.38. The van der Waals surface area contributed by atoms with Gasteiger partial charge in [0.15, 0.2) is 0 Å². The quantitative estimate of drug-likeness (QED) is 0.921. The van der Waals surface area contributed by atoms with Crippen molar-refractivity contribution in [3.8, 4) is 0 Å². The number of nitrogens with two attached hydrogens (primary N) is 1. The predicted octanol–water partition coefficient (Wildman–Crippen LogP) is 3.06. The van der Waals surface area contributed by atoms with Gasteiger partial charge in [-0.15, -0.1) is 0 Å². The van der Waals surface area contributed by atoms with Gasteiger partial charge in [0.2, 0.25) is 0 Å². The predicted molar refractivity (Wildman–Crippen MR) is 73.4 cm³/mol. The molecule has 2 nitrogen and oxygen atoms in total. The molecule has 5 heteroatoms. The van der Waals surface area contributed by atoms with Crippen LogP contribution in [0.1, 0.15) is 30.9 Å². The Morgan fingerprint density at radius 3 is 2.10 bits per heavy atom. The lowest BCUT2D eigenvalue weighted by Crippen LogP contribution is -2.51. The molecule has 1 aliphatic rings. The Labute approximate surface area is 117 Å². The van der Waals surface area contributed by atoms with Gasteiger partial charge in [-0.2, -0.15) is 13.2 Å². The molecule has 0 spiro atoms. The molecule has 112 valence electrons. The van der Waals surface area contributed by atoms with Crippen LogP contribution in [0.4, 0.5) is 13.2 Å². The third-order valence-electron chi connectivity index (χ3n) is 4.18. The normalized spacial score (nSPS) is 20.1. The van der Waals surface area contributed by atoms with Crippen molar-refractivity contribution >= 4 is 0 Å². The van der Waals surface area contributed by atoms with Crippen LogP contribution in [0.5, 0.6) is 0 Å². The summed E-state index contributed by atoms with van der Waals surface area (Å²) in [7, 11) is 0. The highest BCUT2D eigenvalue weighted by Gasteiger charge is 2.33. The van der Waals surface area contributed by atoms with E-state index < -0.39 is 11.7 Å². The number of rotatable bonds is 4. The van der Waals surface area contributed by atoms with Crippen LogP contribution in [0.15, 0.2) is 24.3 Å². The first-order valence-electron chi connectivity index (χ1n) is 6.96. The van der Waals surface area contributed by atoms with E-state index in [-0.39, 0.29) is 5.54 Å². The minimum absolute atomic E-state index is 0.170. The second-order valence-electron chi connectivity index (χ2n) is 5.77. The molecule has 0 amide bonds. The third kappa shape index (κ3) is 3.33. The van der Waals surface area contributed by atoms with E-state index in [9.17, 15) is 13.2 Å². The van der Waals surface area contributed by atoms with E-state index in [1.165, 1.54) is 12.8 Å². The molecule has 20 heavy (non-hydrogen) atoms. The largest absolute Gasteiger partial charge is 0.416 e. The number of benzene rings is 1. The van der Waals surface area contributed by atoms with Crippen LogP contribution < -0.4 is 5.73 Å². The Bertz CT molecular complexity index is 435. The molecule has 0 saturated carbocycles. The van der Waals surface area contributed by atoms with E-state index in [4.69, 9.17) is 5.73 Å². The van der Waals surface area contributed by atoms with Gasteiger partial charge in [-0.05, 0) is 57.0 Å². The van der Waals surface area contributed by atoms with Crippen molar-refractivity contribution in [1.29, 1.82) is 0 Å². The Balaban J connectivity index is 2.11. The van der Waals surface area contributed by atoms with Gasteiger partial charge in [0.05, 0.1) is 5.56 Å². The van der Waals surface area contributed by atoms with E-state index in [0.29, 0.717) is 13.0 Å². The van der Waals surface area contributed by atoms with Gasteiger partial charge in [-0.3, -0.25) is 4.90 Å². The molecule has 0 bridgehead atoms. The topological polar surface area (TPSA) is 29.3 Å². The Hall–Kier alpha value is -1.07. The molecule has 1 atom stereocenters. The molecule has 0 aromatic heterocycles. The highest BCUT2D eigenvalue weighted by atomic mass is 19.4. The van der Waals surface area contributed by atoms with Crippen LogP contribution in [0, 0.1) is 0 Å². The zero-order chi connectivity index (χ0) is 14.8. The highest BCUT2D eigenvalue weighted by Crippen LogP contribution is 2.30. The SMILES string of the molecule is CC(CN)(Cc1ccc(C(F)(F)F)cc1)N1CCCC1. The van der Waals surface area contributed by atoms with Crippen LogP contribution in [0.25, 0.3) is 0 Å². The first-order chi connectivity index (χ1) is 9.35. The Morgan fingerprint density at radius 2 is 1.65 bits per heavy atom. The summed E-state index contributed by atoms with van der Waals surface area (Å²) in [6.07, 6.45) is -1.25. The molecule has 1 heterocycles. The van der Waals surface area contributed by atoms with Gasteiger partial charge in [-0.1, -0.05) is 12.1 Å². The summed E-state index contributed by atoms with van der Waals surface area (Å²) in [6.45, 7) is 4.65. The number of nitrogens with zero attached hydrogens (tertiary/aromatic N) is 1. The second-order valence-corrected chi connectivity index (χ2v) is 5.77. The van der Waals surface area contributed by atoms with Gasteiger partial charge in [0, 0.05) is 12.1 Å². The number of hydrogen-bond donors (Lipinski definition) is 1. The van der Waals surface area contributed by atoms with E-state index in [1.807, 2.05) is 0 Å². The van der Waals surface area contributed by atoms with E-state index in [2.05, 4.69) is 11.8 Å². The number of hydrogen-bond acceptors (Lipinski definition) is 2. The summed E-state index contributed by atoms with van der Waals surface area (Å²) in [5, 5.41) is 0. The molecule has 1 aromatic carbocycles. The average Bonchev–Trinajstić information content (AvgIpc) is 2.92. The Morgan fingerprint density at radius 1 is 1.10 bits per heavy atom. The summed E-state index contributed by atoms with van der Waals surface area (Å²) in [5.41, 5.74) is 6.04. The maximum Gasteiger partial charge on any atom is 0.416 e. The van der Waals surface area contributed by atoms with Gasteiger partial charge in [-0.25, -0.2) is 0 Å². The first kappa shape index (κ1) is 15.3. The summed E-state index contributed by atoms with van der Waals surface area (Å²) in [5.74, 6) is 0. The minimum atomic E-state index is -4.27. The maximum atomic E-state index is 12.5. The van der Waals surface area contributed by atoms with Crippen LogP contribution in [0.3, 0.4) is 0 Å². The number of alkyl halides is 3. The molecular formula is C15H21F3N2. The lowest BCUT2D eigenvalue weighted by molar-refractivity contribution is -0.137. The fraction of sp³-hybridized carbons (Fsp3) is 0.600. The molecule has 1 fully saturated rings. The first-order valence-corrected chi connectivity index (χ1v) is 6.96. The van der Waals surface area contributed by atoms with E-state index >= 15 is 0 Å². The van der Waals surface area contributed by atoms with Crippen molar-refractivity contribution < 1.29 is 13.2 Å². The number of likely N-dealkylation sites (tertiary alicyclic amines) is 1. The molecular weight excluding hydrogens is 265 g/mol. The second kappa shape index (κ2) is 5.74. The van der Waals surface area contributed by atoms with Gasteiger partial charge < -0.3 is 5.73 Å². The van der Waals surface area contributed by atoms with E-state index in [0.717, 1.165) is 30.8 Å². The molecule has 1 saturated heterocycles. The fourth-order valence-electron chi connectivity index (χ4n) is 2.82. The zero-order valence-electron chi connectivity index (χ0n) is 11.7. The monoisotopic (exact) mass is 286 g/mol. The van der Waals surface area contributed by atoms with Gasteiger partial charge in [0.25, 0.3) is 0 Å². The average molecular weight is 286 g/mol. The van der Waals surface area contributed by atoms with Crippen LogP contribution in [-0.4, -0.2) is 30.1 Å². The van der Waals surface area contributed by atoms with Crippen LogP contribution in [-0.2, 0) is 12.6 Å². The minimum Gasteiger partial charge on any atom is -0.329 e. The van der Waals surface area contributed by atoms with Crippen LogP contribution in [0.2, 0.25) is 0 Å². The maximum absolute atomic E-state index is 12.5. The lowest BCUT2D eigenvalue weighted by atomic mass is 9.90. The molecule has 1 aliphatic heterocycles. The van der Waals surface area contributed by atoms with Crippen molar-refractivity contribution in [2.24, 2.45) is 5.73 Å². The molecule has 1 unspecified atom stereocenters. The van der Waals surface area contributed by atoms with Crippen LogP contribution >= 0.6 is 0 Å². The molecule has 1 aromatic rings. The van der Waals surface area contributed by atoms with Crippen molar-refractivity contribution in [1.82, 2.24) is 4.90 Å². The summed E-state index contributed by atoms with van der Waals surface area (Å²) in [4.78, 5) is 2.35. The summed E-state index contributed by atoms with van der Waals surface area (Å²) >= 11 is 0. The third-order valence-corrected chi connectivity index (χ3v) is 4.18. The van der Waals surface area contributed by atoms with Crippen molar-refractivity contribution in [3.63, 3.8) is 0 Å². The highest BCUT2D eigenvalue weighted by molar-refractivity contribution is 5.26. The van der Waals surface area contributed by atoms with Crippen molar-refractivity contribution in [2.45, 2.75) is 37.9 Å². The standard InChI is InChI=1S/C15H21F3N2/c1-14(11-19,20-8-2-3-9-20)10-12-4-6-13(7-5-12)15(16,17)18/h4-7H,2-3,8-11,19H2,1H3. The van der Waals surface area contributed by atoms with Gasteiger partial charge >= 0.3 is 6.18 Å². The smallest absolute Gasteiger partial charge is 0.329 e. The van der Waals surface area contributed by atoms with E-state index in [1.54, 1.807) is 12.1 Å². The fourth-order valence-corrected chi connectivity index (χ4v) is 2.82. The molecule has 0 aliphatic carbocycles. The molecule has 2 N–H and O–H groups in total. The number of halogens is 3. The molecule has 2 rings (SSSR count). The van der Waals surface area contributed by atoms with Gasteiger partial charge in [0.1, 0.15) is 0 Å². The molecule has 0 radical (unpaired) electrons. The van der Waals surface area contributed by atoms with Crippen molar-refractivity contribution in [3.05, 3.63) is 35.4 Å². The summed E-state index contributed by atoms with van der Waals surface area (Å²) < 4.78 is 37.6. The van der Waals surface area contributed by atoms with Crippen molar-refractivity contribution in [2.75, 3.05) is 19.6 Å².